The van der Waals surface area contributed by atoms with Crippen molar-refractivity contribution in [3.63, 3.8) is 0 Å². The fourth-order valence-electron chi connectivity index (χ4n) is 2.11. The molecule has 2 aromatic carbocycles. The van der Waals surface area contributed by atoms with Gasteiger partial charge in [0.05, 0.1) is 11.1 Å². The Kier molecular flexibility index (Phi) is 7.29. The van der Waals surface area contributed by atoms with Gasteiger partial charge in [-0.3, -0.25) is 0 Å². The molecule has 0 spiro atoms. The zero-order chi connectivity index (χ0) is 18.1. The molecular weight excluding hydrogens is 318 g/mol. The van der Waals surface area contributed by atoms with Crippen LogP contribution in [0.3, 0.4) is 0 Å². The zero-order valence-electron chi connectivity index (χ0n) is 14.4. The van der Waals surface area contributed by atoms with Gasteiger partial charge in [0.25, 0.3) is 0 Å². The van der Waals surface area contributed by atoms with E-state index < -0.39 is 26.2 Å². The number of hydrogen-bond donors (Lipinski definition) is 0. The van der Waals surface area contributed by atoms with E-state index in [1.54, 1.807) is 48.5 Å². The van der Waals surface area contributed by atoms with E-state index >= 15 is 0 Å². The Balaban J connectivity index is 1.93. The lowest BCUT2D eigenvalue weighted by Crippen LogP contribution is -2.36. The minimum atomic E-state index is -0.791. The van der Waals surface area contributed by atoms with Gasteiger partial charge in [0.2, 0.25) is 0 Å². The quantitative estimate of drug-likeness (QED) is 0.687. The average molecular weight is 338 g/mol. The minimum Gasteiger partial charge on any atom is -0.506 e. The first-order valence-electron chi connectivity index (χ1n) is 8.31. The Hall–Kier alpha value is -2.53. The Morgan fingerprint density at radius 2 is 1.08 bits per heavy atom. The summed E-state index contributed by atoms with van der Waals surface area (Å²) >= 11 is 0. The van der Waals surface area contributed by atoms with E-state index in [2.05, 4.69) is 0 Å². The van der Waals surface area contributed by atoms with Gasteiger partial charge in [-0.1, -0.05) is 50.2 Å². The van der Waals surface area contributed by atoms with Crippen molar-refractivity contribution in [2.24, 2.45) is 0 Å². The van der Waals surface area contributed by atoms with Crippen molar-refractivity contribution in [1.29, 1.82) is 0 Å². The largest absolute Gasteiger partial charge is 0.514 e. The van der Waals surface area contributed by atoms with Crippen LogP contribution in [0.5, 0.6) is 0 Å². The van der Waals surface area contributed by atoms with Gasteiger partial charge in [0, 0.05) is 0 Å². The third-order valence-electron chi connectivity index (χ3n) is 3.47. The van der Waals surface area contributed by atoms with Crippen molar-refractivity contribution < 1.29 is 23.5 Å². The molecule has 0 saturated heterocycles. The highest BCUT2D eigenvalue weighted by Crippen LogP contribution is 2.10. The molecule has 2 aromatic rings. The molecule has 0 aliphatic rings. The Bertz CT molecular complexity index is 619. The number of benzene rings is 2. The summed E-state index contributed by atoms with van der Waals surface area (Å²) in [6.07, 6.45) is 0.885. The summed E-state index contributed by atoms with van der Waals surface area (Å²) in [5.74, 6) is -0.951. The zero-order valence-corrected chi connectivity index (χ0v) is 14.4. The smallest absolute Gasteiger partial charge is 0.506 e. The molecule has 128 valence electrons. The minimum absolute atomic E-state index is 0.442. The highest BCUT2D eigenvalue weighted by Gasteiger charge is 2.31. The van der Waals surface area contributed by atoms with Crippen LogP contribution in [-0.2, 0) is 13.9 Å². The highest BCUT2D eigenvalue weighted by molar-refractivity contribution is 6.61. The third kappa shape index (κ3) is 5.80. The second-order valence-electron chi connectivity index (χ2n) is 5.35. The lowest BCUT2D eigenvalue weighted by molar-refractivity contribution is 0.0675. The monoisotopic (exact) mass is 338 g/mol. The van der Waals surface area contributed by atoms with Crippen molar-refractivity contribution in [2.45, 2.75) is 26.5 Å². The van der Waals surface area contributed by atoms with E-state index in [0.717, 1.165) is 0 Å². The van der Waals surface area contributed by atoms with E-state index in [4.69, 9.17) is 13.9 Å². The van der Waals surface area contributed by atoms with Crippen LogP contribution in [0.2, 0.25) is 12.6 Å². The topological polar surface area (TPSA) is 61.8 Å². The molecule has 5 nitrogen and oxygen atoms in total. The SMILES string of the molecule is CCB(OB(CC)OC(=O)c1ccccc1)OC(=O)c1ccccc1. The lowest BCUT2D eigenvalue weighted by atomic mass is 9.76. The predicted molar refractivity (Wildman–Crippen MR) is 97.3 cm³/mol. The van der Waals surface area contributed by atoms with E-state index in [0.29, 0.717) is 23.8 Å². The number of carbonyl (C=O) groups excluding carboxylic acids is 2. The standard InChI is InChI=1S/C18H20B2O5/c1-3-19(23-17(21)15-11-7-5-8-12-15)25-20(4-2)24-18(22)16-13-9-6-10-14-16/h5-14H,3-4H2,1-2H3. The van der Waals surface area contributed by atoms with Crippen LogP contribution in [-0.4, -0.2) is 26.2 Å². The molecule has 7 heteroatoms. The molecule has 25 heavy (non-hydrogen) atoms. The van der Waals surface area contributed by atoms with E-state index in [-0.39, 0.29) is 0 Å². The van der Waals surface area contributed by atoms with E-state index in [1.165, 1.54) is 0 Å². The van der Waals surface area contributed by atoms with Gasteiger partial charge < -0.3 is 13.9 Å². The Morgan fingerprint density at radius 1 is 0.720 bits per heavy atom. The maximum absolute atomic E-state index is 12.1. The molecule has 0 aromatic heterocycles. The van der Waals surface area contributed by atoms with Crippen LogP contribution < -0.4 is 0 Å². The van der Waals surface area contributed by atoms with Crippen molar-refractivity contribution >= 4 is 26.2 Å². The molecule has 0 saturated carbocycles. The fraction of sp³-hybridized carbons (Fsp3) is 0.222. The molecule has 0 bridgehead atoms. The second-order valence-corrected chi connectivity index (χ2v) is 5.35. The summed E-state index contributed by atoms with van der Waals surface area (Å²) in [6.45, 7) is 3.66. The molecule has 0 aliphatic carbocycles. The van der Waals surface area contributed by atoms with Crippen molar-refractivity contribution in [3.8, 4) is 0 Å². The summed E-state index contributed by atoms with van der Waals surface area (Å²) < 4.78 is 16.4. The molecule has 0 unspecified atom stereocenters. The molecule has 0 atom stereocenters. The number of hydrogen-bond acceptors (Lipinski definition) is 5. The fourth-order valence-corrected chi connectivity index (χ4v) is 2.11. The van der Waals surface area contributed by atoms with Gasteiger partial charge >= 0.3 is 26.2 Å². The molecule has 2 rings (SSSR count). The van der Waals surface area contributed by atoms with Crippen LogP contribution >= 0.6 is 0 Å². The first kappa shape index (κ1) is 18.8. The van der Waals surface area contributed by atoms with Crippen molar-refractivity contribution in [1.82, 2.24) is 0 Å². The van der Waals surface area contributed by atoms with Crippen LogP contribution in [0.25, 0.3) is 0 Å². The molecule has 0 radical (unpaired) electrons. The summed E-state index contributed by atoms with van der Waals surface area (Å²) in [5.41, 5.74) is 0.887. The molecule has 0 aliphatic heterocycles. The van der Waals surface area contributed by atoms with Crippen LogP contribution in [0, 0.1) is 0 Å². The second kappa shape index (κ2) is 9.69. The summed E-state index contributed by atoms with van der Waals surface area (Å²) in [5, 5.41) is 0. The summed E-state index contributed by atoms with van der Waals surface area (Å²) in [7, 11) is -1.58. The first-order valence-corrected chi connectivity index (χ1v) is 8.31. The van der Waals surface area contributed by atoms with Gasteiger partial charge in [-0.15, -0.1) is 0 Å². The molecule has 0 amide bonds. The van der Waals surface area contributed by atoms with Gasteiger partial charge in [-0.25, -0.2) is 9.59 Å². The van der Waals surface area contributed by atoms with Gasteiger partial charge in [0.1, 0.15) is 0 Å². The van der Waals surface area contributed by atoms with Gasteiger partial charge in [-0.2, -0.15) is 0 Å². The predicted octanol–water partition coefficient (Wildman–Crippen LogP) is 3.73. The average Bonchev–Trinajstić information content (AvgIpc) is 2.67. The molecule has 0 heterocycles. The van der Waals surface area contributed by atoms with Crippen LogP contribution in [0.15, 0.2) is 60.7 Å². The van der Waals surface area contributed by atoms with E-state index in [1.807, 2.05) is 26.0 Å². The molecule has 0 N–H and O–H groups in total. The lowest BCUT2D eigenvalue weighted by Gasteiger charge is -2.18. The highest BCUT2D eigenvalue weighted by atomic mass is 16.7. The van der Waals surface area contributed by atoms with Crippen molar-refractivity contribution in [3.05, 3.63) is 71.8 Å². The third-order valence-corrected chi connectivity index (χ3v) is 3.47. The van der Waals surface area contributed by atoms with Gasteiger partial charge in [0.15, 0.2) is 0 Å². The van der Waals surface area contributed by atoms with Crippen LogP contribution in [0.4, 0.5) is 0 Å². The van der Waals surface area contributed by atoms with Crippen LogP contribution in [0.1, 0.15) is 34.6 Å². The molecular formula is C18H20B2O5. The number of rotatable bonds is 8. The van der Waals surface area contributed by atoms with E-state index in [9.17, 15) is 9.59 Å². The Labute approximate surface area is 148 Å². The summed E-state index contributed by atoms with van der Waals surface area (Å²) in [4.78, 5) is 24.2. The Morgan fingerprint density at radius 3 is 1.40 bits per heavy atom. The first-order chi connectivity index (χ1) is 12.1. The summed E-state index contributed by atoms with van der Waals surface area (Å²) in [6, 6.07) is 17.3. The van der Waals surface area contributed by atoms with Crippen molar-refractivity contribution in [2.75, 3.05) is 0 Å². The maximum atomic E-state index is 12.1. The number of carbonyl (C=O) groups is 2. The normalized spacial score (nSPS) is 10.0. The maximum Gasteiger partial charge on any atom is 0.514 e. The van der Waals surface area contributed by atoms with Gasteiger partial charge in [-0.05, 0) is 36.9 Å². The molecule has 0 fully saturated rings.